The molecular weight excluding hydrogens is 433 g/mol. The van der Waals surface area contributed by atoms with Gasteiger partial charge in [0.1, 0.15) is 0 Å². The van der Waals surface area contributed by atoms with Gasteiger partial charge in [0.2, 0.25) is 5.91 Å². The Bertz CT molecular complexity index is 595. The third-order valence-corrected chi connectivity index (χ3v) is 9.01. The predicted octanol–water partition coefficient (Wildman–Crippen LogP) is 6.28. The van der Waals surface area contributed by atoms with Crippen molar-refractivity contribution in [1.29, 1.82) is 0 Å². The van der Waals surface area contributed by atoms with Crippen LogP contribution in [0.4, 0.5) is 0 Å². The molecule has 3 aliphatic carbocycles. The number of hydrogen-bond donors (Lipinski definition) is 1. The standard InChI is InChI=1S/C23H38INO/c1-15(2)16(3)25-20(26)23(6)12-7-11-22(5)18-10-13-21(4,24)14-17(18)8-9-19(22)23/h10,15-17,19H,7-9,11-14H2,1-6H3,(H,25,26)/t16-,17?,19?,21+,22+,23-/m1/s1. The van der Waals surface area contributed by atoms with Crippen molar-refractivity contribution in [2.75, 3.05) is 0 Å². The molecule has 148 valence electrons. The molecule has 2 fully saturated rings. The van der Waals surface area contributed by atoms with Crippen LogP contribution in [0.15, 0.2) is 11.6 Å². The number of halogens is 1. The molecule has 2 unspecified atom stereocenters. The summed E-state index contributed by atoms with van der Waals surface area (Å²) in [5.74, 6) is 2.02. The van der Waals surface area contributed by atoms with Gasteiger partial charge in [0.05, 0.1) is 5.41 Å². The van der Waals surface area contributed by atoms with Gasteiger partial charge >= 0.3 is 0 Å². The van der Waals surface area contributed by atoms with Gasteiger partial charge in [-0.05, 0) is 68.6 Å². The molecule has 0 aliphatic heterocycles. The minimum atomic E-state index is -0.215. The van der Waals surface area contributed by atoms with E-state index in [0.29, 0.717) is 21.2 Å². The van der Waals surface area contributed by atoms with Crippen LogP contribution in [-0.2, 0) is 4.79 Å². The second-order valence-electron chi connectivity index (χ2n) is 10.5. The third-order valence-electron chi connectivity index (χ3n) is 8.13. The minimum Gasteiger partial charge on any atom is -0.353 e. The highest BCUT2D eigenvalue weighted by atomic mass is 127. The van der Waals surface area contributed by atoms with Crippen molar-refractivity contribution in [2.45, 2.75) is 96.0 Å². The number of allylic oxidation sites excluding steroid dienone is 2. The number of hydrogen-bond acceptors (Lipinski definition) is 1. The lowest BCUT2D eigenvalue weighted by atomic mass is 9.46. The molecule has 0 bridgehead atoms. The van der Waals surface area contributed by atoms with E-state index in [2.05, 4.69) is 75.5 Å². The Kier molecular flexibility index (Phi) is 5.63. The van der Waals surface area contributed by atoms with E-state index < -0.39 is 0 Å². The maximum atomic E-state index is 13.4. The Morgan fingerprint density at radius 2 is 1.88 bits per heavy atom. The van der Waals surface area contributed by atoms with Crippen LogP contribution in [0.3, 0.4) is 0 Å². The van der Waals surface area contributed by atoms with Crippen LogP contribution < -0.4 is 5.32 Å². The maximum Gasteiger partial charge on any atom is 0.226 e. The minimum absolute atomic E-state index is 0.215. The van der Waals surface area contributed by atoms with Crippen molar-refractivity contribution in [1.82, 2.24) is 5.32 Å². The molecule has 2 saturated carbocycles. The first-order chi connectivity index (χ1) is 12.0. The topological polar surface area (TPSA) is 29.1 Å². The number of fused-ring (bicyclic) bond motifs is 3. The molecule has 0 spiro atoms. The molecule has 0 radical (unpaired) electrons. The summed E-state index contributed by atoms with van der Waals surface area (Å²) in [6.07, 6.45) is 11.1. The van der Waals surface area contributed by atoms with Crippen molar-refractivity contribution in [3.05, 3.63) is 11.6 Å². The van der Waals surface area contributed by atoms with Crippen molar-refractivity contribution < 1.29 is 4.79 Å². The van der Waals surface area contributed by atoms with Crippen LogP contribution in [0.2, 0.25) is 0 Å². The van der Waals surface area contributed by atoms with Crippen LogP contribution >= 0.6 is 22.6 Å². The molecule has 1 amide bonds. The fourth-order valence-corrected chi connectivity index (χ4v) is 6.94. The van der Waals surface area contributed by atoms with E-state index >= 15 is 0 Å². The van der Waals surface area contributed by atoms with E-state index in [-0.39, 0.29) is 16.9 Å². The molecule has 0 heterocycles. The number of rotatable bonds is 3. The summed E-state index contributed by atoms with van der Waals surface area (Å²) in [5.41, 5.74) is 1.72. The van der Waals surface area contributed by atoms with E-state index in [1.165, 1.54) is 38.5 Å². The molecule has 3 heteroatoms. The van der Waals surface area contributed by atoms with Crippen LogP contribution in [0.1, 0.15) is 86.5 Å². The molecule has 3 rings (SSSR count). The normalized spacial score (nSPS) is 43.9. The SMILES string of the molecule is CC(C)[C@@H](C)NC(=O)[C@]1(C)CCC[C@@]2(C)C3=CC[C@](C)(I)CC3CCC12. The Morgan fingerprint density at radius 3 is 2.54 bits per heavy atom. The van der Waals surface area contributed by atoms with Crippen LogP contribution in [-0.4, -0.2) is 15.4 Å². The molecule has 26 heavy (non-hydrogen) atoms. The fourth-order valence-electron chi connectivity index (χ4n) is 6.19. The van der Waals surface area contributed by atoms with Gasteiger partial charge in [-0.15, -0.1) is 0 Å². The molecule has 0 aromatic heterocycles. The largest absolute Gasteiger partial charge is 0.353 e. The number of carbonyl (C=O) groups excluding carboxylic acids is 1. The second kappa shape index (κ2) is 7.08. The number of amides is 1. The average Bonchev–Trinajstić information content (AvgIpc) is 2.53. The maximum absolute atomic E-state index is 13.4. The molecule has 2 nitrogen and oxygen atoms in total. The summed E-state index contributed by atoms with van der Waals surface area (Å²) in [4.78, 5) is 13.4. The average molecular weight is 471 g/mol. The summed E-state index contributed by atoms with van der Waals surface area (Å²) < 4.78 is 0.414. The van der Waals surface area contributed by atoms with Crippen molar-refractivity contribution in [3.8, 4) is 0 Å². The van der Waals surface area contributed by atoms with E-state index in [1.54, 1.807) is 5.57 Å². The van der Waals surface area contributed by atoms with Gasteiger partial charge in [0, 0.05) is 9.46 Å². The number of carbonyl (C=O) groups is 1. The highest BCUT2D eigenvalue weighted by molar-refractivity contribution is 14.1. The summed E-state index contributed by atoms with van der Waals surface area (Å²) >= 11 is 2.66. The Hall–Kier alpha value is -0.0600. The first-order valence-electron chi connectivity index (χ1n) is 10.7. The molecular formula is C23H38INO. The zero-order chi connectivity index (χ0) is 19.3. The molecule has 0 saturated heterocycles. The molecule has 0 aromatic carbocycles. The molecule has 1 N–H and O–H groups in total. The number of alkyl halides is 1. The fraction of sp³-hybridized carbons (Fsp3) is 0.870. The smallest absolute Gasteiger partial charge is 0.226 e. The lowest BCUT2D eigenvalue weighted by molar-refractivity contribution is -0.143. The van der Waals surface area contributed by atoms with E-state index in [9.17, 15) is 4.79 Å². The van der Waals surface area contributed by atoms with Gasteiger partial charge in [-0.3, -0.25) is 4.79 Å². The highest BCUT2D eigenvalue weighted by Gasteiger charge is 2.57. The van der Waals surface area contributed by atoms with E-state index in [1.807, 2.05) is 0 Å². The van der Waals surface area contributed by atoms with Crippen LogP contribution in [0.5, 0.6) is 0 Å². The first kappa shape index (κ1) is 20.7. The van der Waals surface area contributed by atoms with Gasteiger partial charge in [0.25, 0.3) is 0 Å². The summed E-state index contributed by atoms with van der Waals surface area (Å²) in [7, 11) is 0. The molecule has 0 aromatic rings. The Morgan fingerprint density at radius 1 is 1.19 bits per heavy atom. The Balaban J connectivity index is 1.89. The van der Waals surface area contributed by atoms with Crippen molar-refractivity contribution >= 4 is 28.5 Å². The zero-order valence-corrected chi connectivity index (χ0v) is 19.8. The summed E-state index contributed by atoms with van der Waals surface area (Å²) in [6, 6.07) is 0.248. The molecule has 6 atom stereocenters. The van der Waals surface area contributed by atoms with Gasteiger partial charge in [-0.2, -0.15) is 0 Å². The number of nitrogens with one attached hydrogen (secondary N) is 1. The second-order valence-corrected chi connectivity index (χ2v) is 13.1. The van der Waals surface area contributed by atoms with Crippen LogP contribution in [0.25, 0.3) is 0 Å². The monoisotopic (exact) mass is 471 g/mol. The van der Waals surface area contributed by atoms with E-state index in [4.69, 9.17) is 0 Å². The lowest BCUT2D eigenvalue weighted by Crippen LogP contribution is -2.56. The third kappa shape index (κ3) is 3.51. The molecule has 3 aliphatic rings. The summed E-state index contributed by atoms with van der Waals surface area (Å²) in [5, 5.41) is 3.37. The van der Waals surface area contributed by atoms with Gasteiger partial charge in [-0.1, -0.05) is 75.3 Å². The van der Waals surface area contributed by atoms with E-state index in [0.717, 1.165) is 12.3 Å². The first-order valence-corrected chi connectivity index (χ1v) is 11.8. The predicted molar refractivity (Wildman–Crippen MR) is 118 cm³/mol. The van der Waals surface area contributed by atoms with Gasteiger partial charge in [0.15, 0.2) is 0 Å². The van der Waals surface area contributed by atoms with Gasteiger partial charge in [-0.25, -0.2) is 0 Å². The lowest BCUT2D eigenvalue weighted by Gasteiger charge is -2.58. The quantitative estimate of drug-likeness (QED) is 0.293. The highest BCUT2D eigenvalue weighted by Crippen LogP contribution is 2.63. The van der Waals surface area contributed by atoms with Crippen LogP contribution in [0, 0.1) is 28.6 Å². The summed E-state index contributed by atoms with van der Waals surface area (Å²) in [6.45, 7) is 13.7. The van der Waals surface area contributed by atoms with Crippen molar-refractivity contribution in [2.24, 2.45) is 28.6 Å². The zero-order valence-electron chi connectivity index (χ0n) is 17.6. The van der Waals surface area contributed by atoms with Crippen molar-refractivity contribution in [3.63, 3.8) is 0 Å². The van der Waals surface area contributed by atoms with Gasteiger partial charge < -0.3 is 5.32 Å². The Labute approximate surface area is 174 Å².